The first-order valence-electron chi connectivity index (χ1n) is 11.1. The molecule has 1 aliphatic rings. The summed E-state index contributed by atoms with van der Waals surface area (Å²) in [6.45, 7) is 2.13. The van der Waals surface area contributed by atoms with Gasteiger partial charge in [-0.25, -0.2) is 0 Å². The fourth-order valence-electron chi connectivity index (χ4n) is 4.57. The Labute approximate surface area is 189 Å². The number of hydrogen-bond donors (Lipinski definition) is 1. The standard InChI is InChI=1S/C29H26N2O/c1-21-20-27(30-25-12-6-3-7-13-25)26-14-8-9-15-28(26)31(21)29(32)24-18-16-23(17-19-24)22-10-4-2-5-11-22/h2-19,21,27,30H,20H2,1H3/t21-,27+/m0/s1. The molecule has 158 valence electrons. The molecule has 5 rings (SSSR count). The lowest BCUT2D eigenvalue weighted by molar-refractivity contribution is 0.0974. The van der Waals surface area contributed by atoms with Gasteiger partial charge in [0.25, 0.3) is 5.91 Å². The summed E-state index contributed by atoms with van der Waals surface area (Å²) in [5.74, 6) is 0.0442. The Kier molecular flexibility index (Phi) is 5.47. The highest BCUT2D eigenvalue weighted by atomic mass is 16.2. The molecular weight excluding hydrogens is 392 g/mol. The maximum atomic E-state index is 13.6. The second kappa shape index (κ2) is 8.72. The largest absolute Gasteiger partial charge is 0.378 e. The maximum Gasteiger partial charge on any atom is 0.258 e. The number of rotatable bonds is 4. The summed E-state index contributed by atoms with van der Waals surface area (Å²) < 4.78 is 0. The van der Waals surface area contributed by atoms with Crippen LogP contribution >= 0.6 is 0 Å². The first kappa shape index (κ1) is 20.1. The maximum absolute atomic E-state index is 13.6. The lowest BCUT2D eigenvalue weighted by Crippen LogP contribution is -2.44. The van der Waals surface area contributed by atoms with Crippen LogP contribution in [0.3, 0.4) is 0 Å². The van der Waals surface area contributed by atoms with Crippen molar-refractivity contribution >= 4 is 17.3 Å². The molecule has 32 heavy (non-hydrogen) atoms. The predicted octanol–water partition coefficient (Wildman–Crippen LogP) is 6.95. The second-order valence-corrected chi connectivity index (χ2v) is 8.33. The fraction of sp³-hybridized carbons (Fsp3) is 0.138. The summed E-state index contributed by atoms with van der Waals surface area (Å²) >= 11 is 0. The van der Waals surface area contributed by atoms with E-state index in [1.807, 2.05) is 77.7 Å². The molecule has 0 saturated heterocycles. The number of carbonyl (C=O) groups excluding carboxylic acids is 1. The highest BCUT2D eigenvalue weighted by molar-refractivity contribution is 6.07. The Morgan fingerprint density at radius 3 is 2.06 bits per heavy atom. The van der Waals surface area contributed by atoms with Crippen LogP contribution in [0.4, 0.5) is 11.4 Å². The molecule has 0 spiro atoms. The summed E-state index contributed by atoms with van der Waals surface area (Å²) in [6.07, 6.45) is 0.847. The molecule has 1 aliphatic heterocycles. The molecule has 0 bridgehead atoms. The zero-order chi connectivity index (χ0) is 21.9. The van der Waals surface area contributed by atoms with E-state index < -0.39 is 0 Å². The second-order valence-electron chi connectivity index (χ2n) is 8.33. The van der Waals surface area contributed by atoms with Crippen molar-refractivity contribution in [2.45, 2.75) is 25.4 Å². The SMILES string of the molecule is C[C@H]1C[C@@H](Nc2ccccc2)c2ccccc2N1C(=O)c1ccc(-c2ccccc2)cc1. The molecule has 0 fully saturated rings. The predicted molar refractivity (Wildman–Crippen MR) is 132 cm³/mol. The number of hydrogen-bond acceptors (Lipinski definition) is 2. The average molecular weight is 419 g/mol. The highest BCUT2D eigenvalue weighted by Gasteiger charge is 2.34. The molecule has 0 unspecified atom stereocenters. The van der Waals surface area contributed by atoms with Gasteiger partial charge in [-0.2, -0.15) is 0 Å². The van der Waals surface area contributed by atoms with Gasteiger partial charge in [-0.1, -0.05) is 78.9 Å². The van der Waals surface area contributed by atoms with E-state index in [4.69, 9.17) is 0 Å². The highest BCUT2D eigenvalue weighted by Crippen LogP contribution is 2.39. The van der Waals surface area contributed by atoms with Crippen LogP contribution in [0.2, 0.25) is 0 Å². The van der Waals surface area contributed by atoms with Crippen LogP contribution in [0.25, 0.3) is 11.1 Å². The van der Waals surface area contributed by atoms with Gasteiger partial charge < -0.3 is 10.2 Å². The van der Waals surface area contributed by atoms with Crippen molar-refractivity contribution in [1.29, 1.82) is 0 Å². The topological polar surface area (TPSA) is 32.3 Å². The van der Waals surface area contributed by atoms with E-state index in [0.29, 0.717) is 5.56 Å². The van der Waals surface area contributed by atoms with E-state index >= 15 is 0 Å². The van der Waals surface area contributed by atoms with E-state index in [0.717, 1.165) is 34.5 Å². The third-order valence-corrected chi connectivity index (χ3v) is 6.16. The minimum atomic E-state index is 0.0442. The first-order chi connectivity index (χ1) is 15.7. The quantitative estimate of drug-likeness (QED) is 0.389. The van der Waals surface area contributed by atoms with Gasteiger partial charge in [0.15, 0.2) is 0 Å². The van der Waals surface area contributed by atoms with Crippen LogP contribution in [0.5, 0.6) is 0 Å². The third kappa shape index (κ3) is 3.90. The summed E-state index contributed by atoms with van der Waals surface area (Å²) in [6, 6.07) is 36.9. The molecule has 1 heterocycles. The monoisotopic (exact) mass is 418 g/mol. The number of carbonyl (C=O) groups is 1. The van der Waals surface area contributed by atoms with Crippen LogP contribution in [-0.4, -0.2) is 11.9 Å². The molecule has 1 N–H and O–H groups in total. The molecule has 0 aromatic heterocycles. The van der Waals surface area contributed by atoms with Crippen molar-refractivity contribution in [1.82, 2.24) is 0 Å². The molecule has 3 nitrogen and oxygen atoms in total. The Balaban J connectivity index is 1.43. The van der Waals surface area contributed by atoms with Gasteiger partial charge in [0.1, 0.15) is 0 Å². The molecule has 1 amide bonds. The van der Waals surface area contributed by atoms with Crippen molar-refractivity contribution in [2.75, 3.05) is 10.2 Å². The molecule has 4 aromatic rings. The van der Waals surface area contributed by atoms with Crippen LogP contribution in [0.1, 0.15) is 35.3 Å². The smallest absolute Gasteiger partial charge is 0.258 e. The van der Waals surface area contributed by atoms with Gasteiger partial charge in [0.2, 0.25) is 0 Å². The minimum Gasteiger partial charge on any atom is -0.378 e. The van der Waals surface area contributed by atoms with E-state index in [2.05, 4.69) is 48.6 Å². The summed E-state index contributed by atoms with van der Waals surface area (Å²) in [7, 11) is 0. The Morgan fingerprint density at radius 2 is 1.34 bits per heavy atom. The molecule has 3 heteroatoms. The van der Waals surface area contributed by atoms with E-state index in [1.54, 1.807) is 0 Å². The van der Waals surface area contributed by atoms with Crippen LogP contribution in [0, 0.1) is 0 Å². The number of nitrogens with one attached hydrogen (secondary N) is 1. The van der Waals surface area contributed by atoms with E-state index in [-0.39, 0.29) is 18.0 Å². The van der Waals surface area contributed by atoms with Crippen LogP contribution < -0.4 is 10.2 Å². The zero-order valence-electron chi connectivity index (χ0n) is 18.1. The lowest BCUT2D eigenvalue weighted by Gasteiger charge is -2.40. The van der Waals surface area contributed by atoms with Gasteiger partial charge in [0, 0.05) is 23.0 Å². The number of anilines is 2. The van der Waals surface area contributed by atoms with E-state index in [1.165, 1.54) is 0 Å². The third-order valence-electron chi connectivity index (χ3n) is 6.16. The van der Waals surface area contributed by atoms with Gasteiger partial charge in [-0.3, -0.25) is 4.79 Å². The molecule has 0 saturated carbocycles. The molecular formula is C29H26N2O. The first-order valence-corrected chi connectivity index (χ1v) is 11.1. The number of fused-ring (bicyclic) bond motifs is 1. The Morgan fingerprint density at radius 1 is 0.750 bits per heavy atom. The molecule has 2 atom stereocenters. The normalized spacial score (nSPS) is 17.5. The lowest BCUT2D eigenvalue weighted by atomic mass is 9.90. The van der Waals surface area contributed by atoms with E-state index in [9.17, 15) is 4.79 Å². The van der Waals surface area contributed by atoms with Crippen molar-refractivity contribution in [2.24, 2.45) is 0 Å². The van der Waals surface area contributed by atoms with Gasteiger partial charge in [0.05, 0.1) is 6.04 Å². The number of para-hydroxylation sites is 2. The molecule has 0 aliphatic carbocycles. The van der Waals surface area contributed by atoms with Crippen molar-refractivity contribution in [3.05, 3.63) is 120 Å². The summed E-state index contributed by atoms with van der Waals surface area (Å²) in [5, 5.41) is 3.65. The Bertz CT molecular complexity index is 1200. The summed E-state index contributed by atoms with van der Waals surface area (Å²) in [4.78, 5) is 15.5. The van der Waals surface area contributed by atoms with Gasteiger partial charge in [-0.05, 0) is 60.4 Å². The Hall–Kier alpha value is -3.85. The number of amides is 1. The van der Waals surface area contributed by atoms with Crippen molar-refractivity contribution < 1.29 is 4.79 Å². The van der Waals surface area contributed by atoms with Gasteiger partial charge in [-0.15, -0.1) is 0 Å². The van der Waals surface area contributed by atoms with Crippen LogP contribution in [0.15, 0.2) is 109 Å². The minimum absolute atomic E-state index is 0.0442. The van der Waals surface area contributed by atoms with Crippen LogP contribution in [-0.2, 0) is 0 Å². The fourth-order valence-corrected chi connectivity index (χ4v) is 4.57. The molecule has 4 aromatic carbocycles. The number of benzene rings is 4. The molecule has 0 radical (unpaired) electrons. The van der Waals surface area contributed by atoms with Gasteiger partial charge >= 0.3 is 0 Å². The average Bonchev–Trinajstić information content (AvgIpc) is 2.85. The summed E-state index contributed by atoms with van der Waals surface area (Å²) in [5.41, 5.74) is 6.21. The zero-order valence-corrected chi connectivity index (χ0v) is 18.1. The van der Waals surface area contributed by atoms with Crippen molar-refractivity contribution in [3.63, 3.8) is 0 Å². The van der Waals surface area contributed by atoms with Crippen molar-refractivity contribution in [3.8, 4) is 11.1 Å². The number of nitrogens with zero attached hydrogens (tertiary/aromatic N) is 1.